The molecule has 2 fully saturated rings. The van der Waals surface area contributed by atoms with Crippen molar-refractivity contribution in [1.82, 2.24) is 0 Å². The van der Waals surface area contributed by atoms with Crippen LogP contribution in [-0.2, 0) is 6.42 Å². The molecule has 0 bridgehead atoms. The van der Waals surface area contributed by atoms with Crippen LogP contribution in [0.25, 0.3) is 0 Å². The molecule has 1 aromatic carbocycles. The van der Waals surface area contributed by atoms with Crippen molar-refractivity contribution < 1.29 is 4.39 Å². The van der Waals surface area contributed by atoms with Crippen molar-refractivity contribution in [1.29, 1.82) is 0 Å². The zero-order chi connectivity index (χ0) is 16.8. The first-order valence-corrected chi connectivity index (χ1v) is 12.9. The van der Waals surface area contributed by atoms with Crippen molar-refractivity contribution in [2.45, 2.75) is 82.8 Å². The fraction of sp³-hybridized carbons (Fsp3) is 0.727. The molecule has 2 aliphatic rings. The third-order valence-electron chi connectivity index (χ3n) is 6.90. The highest BCUT2D eigenvalue weighted by Gasteiger charge is 2.30. The Balaban J connectivity index is 1.36. The zero-order valence-corrected chi connectivity index (χ0v) is 16.6. The highest BCUT2D eigenvalue weighted by atomic mass is 28.3. The zero-order valence-electron chi connectivity index (χ0n) is 15.5. The molecule has 0 N–H and O–H groups in total. The van der Waals surface area contributed by atoms with E-state index in [2.05, 4.69) is 6.92 Å². The smallest absolute Gasteiger partial charge is 0.123 e. The Morgan fingerprint density at radius 1 is 0.917 bits per heavy atom. The van der Waals surface area contributed by atoms with Crippen molar-refractivity contribution in [2.24, 2.45) is 17.8 Å². The summed E-state index contributed by atoms with van der Waals surface area (Å²) in [4.78, 5) is 0. The average Bonchev–Trinajstić information content (AvgIpc) is 2.63. The molecule has 0 unspecified atom stereocenters. The van der Waals surface area contributed by atoms with Gasteiger partial charge in [-0.2, -0.15) is 0 Å². The van der Waals surface area contributed by atoms with Gasteiger partial charge in [0.05, 0.1) is 0 Å². The van der Waals surface area contributed by atoms with Crippen LogP contribution in [-0.4, -0.2) is 8.80 Å². The number of hydrogen-bond acceptors (Lipinski definition) is 0. The summed E-state index contributed by atoms with van der Waals surface area (Å²) < 4.78 is 13.0. The first kappa shape index (κ1) is 18.2. The Bertz CT molecular complexity index is 467. The lowest BCUT2D eigenvalue weighted by Gasteiger charge is -2.37. The second-order valence-corrected chi connectivity index (χ2v) is 12.0. The minimum absolute atomic E-state index is 0.115. The maximum absolute atomic E-state index is 13.0. The van der Waals surface area contributed by atoms with Gasteiger partial charge >= 0.3 is 0 Å². The lowest BCUT2D eigenvalue weighted by molar-refractivity contribution is 0.186. The van der Waals surface area contributed by atoms with Gasteiger partial charge in [0.1, 0.15) is 5.82 Å². The van der Waals surface area contributed by atoms with Gasteiger partial charge < -0.3 is 0 Å². The molecule has 134 valence electrons. The van der Waals surface area contributed by atoms with E-state index in [-0.39, 0.29) is 14.6 Å². The molecule has 24 heavy (non-hydrogen) atoms. The summed E-state index contributed by atoms with van der Waals surface area (Å²) in [7, 11) is -0.308. The summed E-state index contributed by atoms with van der Waals surface area (Å²) >= 11 is 0. The first-order valence-electron chi connectivity index (χ1n) is 10.5. The first-order chi connectivity index (χ1) is 11.7. The summed E-state index contributed by atoms with van der Waals surface area (Å²) in [6, 6.07) is 12.0. The van der Waals surface area contributed by atoms with Crippen molar-refractivity contribution in [3.63, 3.8) is 0 Å². The molecular weight excluding hydrogens is 311 g/mol. The van der Waals surface area contributed by atoms with E-state index in [4.69, 9.17) is 0 Å². The highest BCUT2D eigenvalue weighted by molar-refractivity contribution is 6.58. The SMILES string of the molecule is CCC[Si@H]1CC[C@H]([C@H]2CC[C@H](CCc3ccc(F)cc3)CC2)CC1. The third kappa shape index (κ3) is 5.18. The molecule has 1 heterocycles. The molecule has 2 heteroatoms. The number of halogens is 1. The van der Waals surface area contributed by atoms with Crippen molar-refractivity contribution in [3.05, 3.63) is 35.6 Å². The summed E-state index contributed by atoms with van der Waals surface area (Å²) in [5.74, 6) is 2.92. The van der Waals surface area contributed by atoms with Crippen molar-refractivity contribution >= 4 is 8.80 Å². The molecule has 0 atom stereocenters. The number of hydrogen-bond donors (Lipinski definition) is 0. The molecule has 0 aromatic heterocycles. The Kier molecular flexibility index (Phi) is 6.94. The Hall–Kier alpha value is -0.633. The topological polar surface area (TPSA) is 0 Å². The van der Waals surface area contributed by atoms with Gasteiger partial charge in [0.2, 0.25) is 0 Å². The molecule has 1 aromatic rings. The molecular formula is C22H35FSi. The number of rotatable bonds is 6. The van der Waals surface area contributed by atoms with E-state index in [1.807, 2.05) is 12.1 Å². The second-order valence-electron chi connectivity index (χ2n) is 8.52. The summed E-state index contributed by atoms with van der Waals surface area (Å²) in [5, 5.41) is 0. The van der Waals surface area contributed by atoms with Gasteiger partial charge in [0.15, 0.2) is 0 Å². The molecule has 0 nitrogen and oxygen atoms in total. The van der Waals surface area contributed by atoms with Crippen LogP contribution < -0.4 is 0 Å². The third-order valence-corrected chi connectivity index (χ3v) is 10.6. The van der Waals surface area contributed by atoms with Crippen molar-refractivity contribution in [3.8, 4) is 0 Å². The van der Waals surface area contributed by atoms with E-state index in [9.17, 15) is 4.39 Å². The quantitative estimate of drug-likeness (QED) is 0.508. The van der Waals surface area contributed by atoms with E-state index >= 15 is 0 Å². The fourth-order valence-electron chi connectivity index (χ4n) is 5.33. The highest BCUT2D eigenvalue weighted by Crippen LogP contribution is 2.41. The van der Waals surface area contributed by atoms with E-state index in [1.54, 1.807) is 43.1 Å². The summed E-state index contributed by atoms with van der Waals surface area (Å²) in [6.07, 6.45) is 12.9. The predicted molar refractivity (Wildman–Crippen MR) is 105 cm³/mol. The maximum Gasteiger partial charge on any atom is 0.123 e. The second kappa shape index (κ2) is 9.17. The van der Waals surface area contributed by atoms with Gasteiger partial charge in [-0.25, -0.2) is 4.39 Å². The Morgan fingerprint density at radius 2 is 1.54 bits per heavy atom. The van der Waals surface area contributed by atoms with Crippen LogP contribution in [0.2, 0.25) is 18.1 Å². The number of benzene rings is 1. The van der Waals surface area contributed by atoms with E-state index in [0.717, 1.165) is 24.2 Å². The molecule has 0 spiro atoms. The lowest BCUT2D eigenvalue weighted by Crippen LogP contribution is -2.28. The van der Waals surface area contributed by atoms with E-state index in [0.29, 0.717) is 0 Å². The van der Waals surface area contributed by atoms with Crippen LogP contribution in [0, 0.1) is 23.6 Å². The summed E-state index contributed by atoms with van der Waals surface area (Å²) in [6.45, 7) is 2.37. The van der Waals surface area contributed by atoms with Gasteiger partial charge in [-0.1, -0.05) is 69.3 Å². The largest absolute Gasteiger partial charge is 0.207 e. The predicted octanol–water partition coefficient (Wildman–Crippen LogP) is 6.61. The fourth-order valence-corrected chi connectivity index (χ4v) is 8.81. The standard InChI is InChI=1S/C22H35FSi/c1-2-15-24-16-13-21(14-17-24)20-9-5-18(6-10-20)3-4-19-7-11-22(23)12-8-19/h7-8,11-12,18,20-21,24H,2-6,9-10,13-17H2,1H3/t18-,20-,21-,24-. The van der Waals surface area contributed by atoms with Crippen molar-refractivity contribution in [2.75, 3.05) is 0 Å². The van der Waals surface area contributed by atoms with Crippen LogP contribution >= 0.6 is 0 Å². The minimum atomic E-state index is -0.308. The Morgan fingerprint density at radius 3 is 2.17 bits per heavy atom. The van der Waals surface area contributed by atoms with Gasteiger partial charge in [0.25, 0.3) is 0 Å². The minimum Gasteiger partial charge on any atom is -0.207 e. The molecule has 0 radical (unpaired) electrons. The number of aryl methyl sites for hydroxylation is 1. The van der Waals surface area contributed by atoms with Gasteiger partial charge in [-0.3, -0.25) is 0 Å². The Labute approximate surface area is 149 Å². The van der Waals surface area contributed by atoms with Crippen LogP contribution in [0.15, 0.2) is 24.3 Å². The monoisotopic (exact) mass is 346 g/mol. The van der Waals surface area contributed by atoms with Crippen LogP contribution in [0.4, 0.5) is 4.39 Å². The van der Waals surface area contributed by atoms with Crippen LogP contribution in [0.1, 0.15) is 63.9 Å². The molecule has 1 aliphatic carbocycles. The van der Waals surface area contributed by atoms with Gasteiger partial charge in [-0.05, 0) is 61.1 Å². The van der Waals surface area contributed by atoms with E-state index < -0.39 is 0 Å². The van der Waals surface area contributed by atoms with E-state index in [1.165, 1.54) is 44.1 Å². The van der Waals surface area contributed by atoms with Crippen LogP contribution in [0.3, 0.4) is 0 Å². The summed E-state index contributed by atoms with van der Waals surface area (Å²) in [5.41, 5.74) is 1.30. The van der Waals surface area contributed by atoms with Gasteiger partial charge in [0, 0.05) is 8.80 Å². The average molecular weight is 347 g/mol. The molecule has 3 rings (SSSR count). The normalized spacial score (nSPS) is 31.1. The molecule has 0 amide bonds. The van der Waals surface area contributed by atoms with Crippen LogP contribution in [0.5, 0.6) is 0 Å². The molecule has 1 saturated carbocycles. The lowest BCUT2D eigenvalue weighted by atomic mass is 9.73. The van der Waals surface area contributed by atoms with Gasteiger partial charge in [-0.15, -0.1) is 0 Å². The molecule has 1 saturated heterocycles. The maximum atomic E-state index is 13.0. The molecule has 1 aliphatic heterocycles.